The molecule has 3 rings (SSSR count). The number of halogens is 1. The number of nitrogens with one attached hydrogen (secondary N) is 1. The van der Waals surface area contributed by atoms with Crippen LogP contribution in [0.5, 0.6) is 0 Å². The molecule has 0 aliphatic heterocycles. The first-order chi connectivity index (χ1) is 8.72. The predicted molar refractivity (Wildman–Crippen MR) is 73.6 cm³/mol. The highest BCUT2D eigenvalue weighted by molar-refractivity contribution is 9.10. The first-order valence-electron chi connectivity index (χ1n) is 6.20. The molecule has 0 radical (unpaired) electrons. The SMILES string of the molecule is OC1CCc2nc(Cc3ccccc3Br)[nH]c2C1. The van der Waals surface area contributed by atoms with E-state index in [0.29, 0.717) is 6.42 Å². The topological polar surface area (TPSA) is 48.9 Å². The Kier molecular flexibility index (Phi) is 3.22. The van der Waals surface area contributed by atoms with E-state index in [1.165, 1.54) is 5.56 Å². The second-order valence-electron chi connectivity index (χ2n) is 4.77. The third-order valence-corrected chi connectivity index (χ3v) is 4.16. The second kappa shape index (κ2) is 4.86. The Morgan fingerprint density at radius 3 is 3.06 bits per heavy atom. The molecule has 1 aromatic carbocycles. The summed E-state index contributed by atoms with van der Waals surface area (Å²) < 4.78 is 1.11. The van der Waals surface area contributed by atoms with Gasteiger partial charge in [0.2, 0.25) is 0 Å². The number of imidazole rings is 1. The van der Waals surface area contributed by atoms with Crippen LogP contribution >= 0.6 is 15.9 Å². The molecule has 1 unspecified atom stereocenters. The zero-order chi connectivity index (χ0) is 12.5. The van der Waals surface area contributed by atoms with Crippen LogP contribution < -0.4 is 0 Å². The van der Waals surface area contributed by atoms with Crippen molar-refractivity contribution in [3.05, 3.63) is 51.5 Å². The fourth-order valence-electron chi connectivity index (χ4n) is 2.43. The van der Waals surface area contributed by atoms with Crippen LogP contribution in [0.4, 0.5) is 0 Å². The quantitative estimate of drug-likeness (QED) is 0.896. The molecule has 1 aliphatic carbocycles. The molecule has 94 valence electrons. The van der Waals surface area contributed by atoms with Crippen molar-refractivity contribution in [2.45, 2.75) is 31.8 Å². The molecule has 0 saturated carbocycles. The molecule has 2 aromatic rings. The highest BCUT2D eigenvalue weighted by Crippen LogP contribution is 2.22. The van der Waals surface area contributed by atoms with Crippen molar-refractivity contribution in [2.75, 3.05) is 0 Å². The molecule has 0 amide bonds. The van der Waals surface area contributed by atoms with Gasteiger partial charge in [0, 0.05) is 23.0 Å². The first-order valence-corrected chi connectivity index (χ1v) is 7.00. The van der Waals surface area contributed by atoms with E-state index in [4.69, 9.17) is 0 Å². The van der Waals surface area contributed by atoms with Crippen molar-refractivity contribution in [3.63, 3.8) is 0 Å². The molecule has 1 atom stereocenters. The minimum atomic E-state index is -0.214. The van der Waals surface area contributed by atoms with E-state index in [1.807, 2.05) is 18.2 Å². The Hall–Kier alpha value is -1.13. The minimum Gasteiger partial charge on any atom is -0.393 e. The largest absolute Gasteiger partial charge is 0.393 e. The number of aliphatic hydroxyl groups is 1. The zero-order valence-corrected chi connectivity index (χ0v) is 11.6. The van der Waals surface area contributed by atoms with Gasteiger partial charge in [-0.1, -0.05) is 34.1 Å². The van der Waals surface area contributed by atoms with E-state index in [2.05, 4.69) is 32.0 Å². The first kappa shape index (κ1) is 11.9. The molecular weight excluding hydrogens is 292 g/mol. The summed E-state index contributed by atoms with van der Waals surface area (Å²) in [5, 5.41) is 9.64. The van der Waals surface area contributed by atoms with Gasteiger partial charge in [0.15, 0.2) is 0 Å². The maximum Gasteiger partial charge on any atom is 0.111 e. The van der Waals surface area contributed by atoms with Gasteiger partial charge in [-0.15, -0.1) is 0 Å². The Labute approximate surface area is 114 Å². The number of hydrogen-bond acceptors (Lipinski definition) is 2. The fourth-order valence-corrected chi connectivity index (χ4v) is 2.85. The normalized spacial score (nSPS) is 18.7. The van der Waals surface area contributed by atoms with Crippen molar-refractivity contribution in [1.82, 2.24) is 9.97 Å². The molecule has 0 fully saturated rings. The van der Waals surface area contributed by atoms with Crippen LogP contribution in [-0.4, -0.2) is 21.2 Å². The predicted octanol–water partition coefficient (Wildman–Crippen LogP) is 2.61. The lowest BCUT2D eigenvalue weighted by molar-refractivity contribution is 0.157. The minimum absolute atomic E-state index is 0.214. The number of rotatable bonds is 2. The summed E-state index contributed by atoms with van der Waals surface area (Å²) in [5.41, 5.74) is 3.46. The van der Waals surface area contributed by atoms with Crippen molar-refractivity contribution in [1.29, 1.82) is 0 Å². The molecule has 1 aromatic heterocycles. The lowest BCUT2D eigenvalue weighted by Crippen LogP contribution is -2.18. The molecule has 0 saturated heterocycles. The number of nitrogens with zero attached hydrogens (tertiary/aromatic N) is 1. The Morgan fingerprint density at radius 2 is 2.22 bits per heavy atom. The third kappa shape index (κ3) is 2.35. The van der Waals surface area contributed by atoms with E-state index in [1.54, 1.807) is 0 Å². The van der Waals surface area contributed by atoms with E-state index >= 15 is 0 Å². The van der Waals surface area contributed by atoms with Gasteiger partial charge < -0.3 is 10.1 Å². The number of benzene rings is 1. The zero-order valence-electron chi connectivity index (χ0n) is 9.99. The maximum atomic E-state index is 9.64. The van der Waals surface area contributed by atoms with Gasteiger partial charge in [0.05, 0.1) is 11.8 Å². The molecule has 3 nitrogen and oxygen atoms in total. The Bertz CT molecular complexity index is 565. The van der Waals surface area contributed by atoms with E-state index in [9.17, 15) is 5.11 Å². The van der Waals surface area contributed by atoms with Gasteiger partial charge in [-0.3, -0.25) is 0 Å². The van der Waals surface area contributed by atoms with E-state index in [0.717, 1.165) is 40.9 Å². The van der Waals surface area contributed by atoms with E-state index < -0.39 is 0 Å². The van der Waals surface area contributed by atoms with Crippen LogP contribution in [0, 0.1) is 0 Å². The van der Waals surface area contributed by atoms with Crippen LogP contribution in [0.15, 0.2) is 28.7 Å². The molecule has 1 heterocycles. The highest BCUT2D eigenvalue weighted by Gasteiger charge is 2.20. The van der Waals surface area contributed by atoms with Crippen LogP contribution in [0.1, 0.15) is 29.2 Å². The third-order valence-electron chi connectivity index (χ3n) is 3.38. The number of hydrogen-bond donors (Lipinski definition) is 2. The Morgan fingerprint density at radius 1 is 1.39 bits per heavy atom. The summed E-state index contributed by atoms with van der Waals surface area (Å²) in [6, 6.07) is 8.19. The molecule has 0 bridgehead atoms. The van der Waals surface area contributed by atoms with E-state index in [-0.39, 0.29) is 6.10 Å². The summed E-state index contributed by atoms with van der Waals surface area (Å²) in [7, 11) is 0. The molecule has 1 aliphatic rings. The summed E-state index contributed by atoms with van der Waals surface area (Å²) >= 11 is 3.55. The number of H-pyrrole nitrogens is 1. The Balaban J connectivity index is 1.84. The number of aromatic nitrogens is 2. The van der Waals surface area contributed by atoms with Gasteiger partial charge in [-0.25, -0.2) is 4.98 Å². The summed E-state index contributed by atoms with van der Waals surface area (Å²) in [6.45, 7) is 0. The second-order valence-corrected chi connectivity index (χ2v) is 5.63. The van der Waals surface area contributed by atoms with Crippen molar-refractivity contribution in [2.24, 2.45) is 0 Å². The van der Waals surface area contributed by atoms with Gasteiger partial charge in [-0.2, -0.15) is 0 Å². The van der Waals surface area contributed by atoms with Crippen LogP contribution in [0.3, 0.4) is 0 Å². The van der Waals surface area contributed by atoms with Crippen LogP contribution in [0.25, 0.3) is 0 Å². The summed E-state index contributed by atoms with van der Waals surface area (Å²) in [5.74, 6) is 0.987. The smallest absolute Gasteiger partial charge is 0.111 e. The molecular formula is C14H15BrN2O. The fraction of sp³-hybridized carbons (Fsp3) is 0.357. The van der Waals surface area contributed by atoms with Crippen molar-refractivity contribution >= 4 is 15.9 Å². The van der Waals surface area contributed by atoms with Crippen LogP contribution in [0.2, 0.25) is 0 Å². The molecule has 2 N–H and O–H groups in total. The van der Waals surface area contributed by atoms with Gasteiger partial charge in [0.25, 0.3) is 0 Å². The molecule has 0 spiro atoms. The van der Waals surface area contributed by atoms with Crippen molar-refractivity contribution in [3.8, 4) is 0 Å². The van der Waals surface area contributed by atoms with Gasteiger partial charge >= 0.3 is 0 Å². The summed E-state index contributed by atoms with van der Waals surface area (Å²) in [6.07, 6.45) is 2.99. The average molecular weight is 307 g/mol. The lowest BCUT2D eigenvalue weighted by Gasteiger charge is -2.14. The maximum absolute atomic E-state index is 9.64. The lowest BCUT2D eigenvalue weighted by atomic mass is 9.99. The highest BCUT2D eigenvalue weighted by atomic mass is 79.9. The summed E-state index contributed by atoms with van der Waals surface area (Å²) in [4.78, 5) is 7.98. The monoisotopic (exact) mass is 306 g/mol. The number of aromatic amines is 1. The number of aliphatic hydroxyl groups excluding tert-OH is 1. The van der Waals surface area contributed by atoms with Crippen LogP contribution in [-0.2, 0) is 19.3 Å². The number of aryl methyl sites for hydroxylation is 1. The van der Waals surface area contributed by atoms with Gasteiger partial charge in [-0.05, 0) is 24.5 Å². The molecule has 18 heavy (non-hydrogen) atoms. The van der Waals surface area contributed by atoms with Gasteiger partial charge in [0.1, 0.15) is 5.82 Å². The standard InChI is InChI=1S/C14H15BrN2O/c15-11-4-2-1-3-9(11)7-14-16-12-6-5-10(18)8-13(12)17-14/h1-4,10,18H,5-8H2,(H,16,17). The number of fused-ring (bicyclic) bond motifs is 1. The van der Waals surface area contributed by atoms with Crippen molar-refractivity contribution < 1.29 is 5.11 Å². The average Bonchev–Trinajstić information content (AvgIpc) is 2.73. The molecule has 4 heteroatoms.